The lowest BCUT2D eigenvalue weighted by Crippen LogP contribution is -2.05. The Labute approximate surface area is 130 Å². The zero-order valence-electron chi connectivity index (χ0n) is 10.0. The molecule has 0 N–H and O–H groups in total. The summed E-state index contributed by atoms with van der Waals surface area (Å²) in [5.41, 5.74) is 1.91. The first kappa shape index (κ1) is 14.8. The second kappa shape index (κ2) is 6.74. The Hall–Kier alpha value is -0.570. The number of hydrogen-bond acceptors (Lipinski definition) is 0. The van der Waals surface area contributed by atoms with Crippen molar-refractivity contribution in [2.75, 3.05) is 5.88 Å². The molecule has 100 valence electrons. The fourth-order valence-corrected chi connectivity index (χ4v) is 3.01. The lowest BCUT2D eigenvalue weighted by molar-refractivity contribution is 0.621. The number of halogens is 4. The number of benzene rings is 2. The maximum Gasteiger partial charge on any atom is 0.123 e. The monoisotopic (exact) mass is 360 g/mol. The fraction of sp³-hybridized carbons (Fsp3) is 0.200. The summed E-state index contributed by atoms with van der Waals surface area (Å²) in [4.78, 5) is 0. The van der Waals surface area contributed by atoms with Crippen LogP contribution in [0.1, 0.15) is 17.0 Å². The van der Waals surface area contributed by atoms with Crippen molar-refractivity contribution in [3.05, 3.63) is 68.9 Å². The van der Waals surface area contributed by atoms with Crippen molar-refractivity contribution in [1.29, 1.82) is 0 Å². The highest BCUT2D eigenvalue weighted by Crippen LogP contribution is 2.28. The minimum Gasteiger partial charge on any atom is -0.207 e. The van der Waals surface area contributed by atoms with Gasteiger partial charge in [0, 0.05) is 21.3 Å². The quantitative estimate of drug-likeness (QED) is 0.603. The van der Waals surface area contributed by atoms with Gasteiger partial charge in [-0.3, -0.25) is 0 Å². The summed E-state index contributed by atoms with van der Waals surface area (Å²) >= 11 is 15.6. The Balaban J connectivity index is 2.24. The highest BCUT2D eigenvalue weighted by Gasteiger charge is 2.14. The first-order chi connectivity index (χ1) is 9.10. The Morgan fingerprint density at radius 2 is 1.95 bits per heavy atom. The zero-order chi connectivity index (χ0) is 13.8. The van der Waals surface area contributed by atoms with E-state index in [2.05, 4.69) is 15.9 Å². The standard InChI is InChI=1S/C15H12BrCl2F/c16-13-5-4-11(15(18)8-13)6-12(9-17)10-2-1-3-14(19)7-10/h1-5,7-8,12H,6,9H2. The minimum atomic E-state index is -0.241. The van der Waals surface area contributed by atoms with Gasteiger partial charge in [-0.25, -0.2) is 4.39 Å². The highest BCUT2D eigenvalue weighted by molar-refractivity contribution is 9.10. The molecule has 0 saturated carbocycles. The highest BCUT2D eigenvalue weighted by atomic mass is 79.9. The van der Waals surface area contributed by atoms with E-state index in [1.165, 1.54) is 12.1 Å². The predicted molar refractivity (Wildman–Crippen MR) is 82.7 cm³/mol. The zero-order valence-corrected chi connectivity index (χ0v) is 13.1. The van der Waals surface area contributed by atoms with Gasteiger partial charge in [-0.05, 0) is 41.8 Å². The van der Waals surface area contributed by atoms with Crippen LogP contribution < -0.4 is 0 Å². The molecular formula is C15H12BrCl2F. The molecule has 0 aliphatic rings. The lowest BCUT2D eigenvalue weighted by atomic mass is 9.93. The smallest absolute Gasteiger partial charge is 0.123 e. The van der Waals surface area contributed by atoms with Crippen molar-refractivity contribution in [3.63, 3.8) is 0 Å². The van der Waals surface area contributed by atoms with Crippen molar-refractivity contribution >= 4 is 39.1 Å². The normalized spacial score (nSPS) is 12.4. The van der Waals surface area contributed by atoms with Crippen LogP contribution in [0.4, 0.5) is 4.39 Å². The van der Waals surface area contributed by atoms with Gasteiger partial charge in [-0.2, -0.15) is 0 Å². The summed E-state index contributed by atoms with van der Waals surface area (Å²) in [6.45, 7) is 0. The van der Waals surface area contributed by atoms with Gasteiger partial charge >= 0.3 is 0 Å². The maximum atomic E-state index is 13.3. The van der Waals surface area contributed by atoms with Crippen molar-refractivity contribution in [1.82, 2.24) is 0 Å². The molecule has 1 atom stereocenters. The average Bonchev–Trinajstić information content (AvgIpc) is 2.38. The largest absolute Gasteiger partial charge is 0.207 e. The van der Waals surface area contributed by atoms with Gasteiger partial charge < -0.3 is 0 Å². The van der Waals surface area contributed by atoms with Gasteiger partial charge in [-0.15, -0.1) is 11.6 Å². The van der Waals surface area contributed by atoms with Crippen LogP contribution in [-0.2, 0) is 6.42 Å². The van der Waals surface area contributed by atoms with Crippen LogP contribution in [0.2, 0.25) is 5.02 Å². The van der Waals surface area contributed by atoms with Crippen LogP contribution >= 0.6 is 39.1 Å². The van der Waals surface area contributed by atoms with Gasteiger partial charge in [0.15, 0.2) is 0 Å². The molecule has 0 heterocycles. The van der Waals surface area contributed by atoms with Gasteiger partial charge in [0.2, 0.25) is 0 Å². The fourth-order valence-electron chi connectivity index (χ4n) is 1.97. The third-order valence-electron chi connectivity index (χ3n) is 2.99. The van der Waals surface area contributed by atoms with Crippen molar-refractivity contribution in [2.45, 2.75) is 12.3 Å². The molecule has 0 spiro atoms. The number of hydrogen-bond donors (Lipinski definition) is 0. The van der Waals surface area contributed by atoms with Crippen LogP contribution in [0, 0.1) is 5.82 Å². The molecule has 19 heavy (non-hydrogen) atoms. The van der Waals surface area contributed by atoms with Crippen molar-refractivity contribution in [2.24, 2.45) is 0 Å². The molecule has 0 amide bonds. The predicted octanol–water partition coefficient (Wildman–Crippen LogP) is 5.81. The molecule has 1 unspecified atom stereocenters. The van der Waals surface area contributed by atoms with Crippen LogP contribution in [0.25, 0.3) is 0 Å². The molecular weight excluding hydrogens is 350 g/mol. The summed E-state index contributed by atoms with van der Waals surface area (Å²) in [5.74, 6) is 0.237. The van der Waals surface area contributed by atoms with Gasteiger partial charge in [0.1, 0.15) is 5.82 Å². The SMILES string of the molecule is Fc1cccc(C(CCl)Cc2ccc(Br)cc2Cl)c1. The molecule has 0 fully saturated rings. The Bertz CT molecular complexity index is 572. The van der Waals surface area contributed by atoms with Gasteiger partial charge in [-0.1, -0.05) is 45.7 Å². The maximum absolute atomic E-state index is 13.3. The summed E-state index contributed by atoms with van der Waals surface area (Å²) < 4.78 is 14.2. The molecule has 2 rings (SSSR count). The van der Waals surface area contributed by atoms with E-state index < -0.39 is 0 Å². The number of alkyl halides is 1. The molecule has 4 heteroatoms. The molecule has 0 nitrogen and oxygen atoms in total. The molecule has 0 radical (unpaired) electrons. The molecule has 0 aliphatic carbocycles. The topological polar surface area (TPSA) is 0 Å². The van der Waals surface area contributed by atoms with E-state index in [0.29, 0.717) is 17.3 Å². The second-order valence-electron chi connectivity index (χ2n) is 4.35. The van der Waals surface area contributed by atoms with E-state index in [0.717, 1.165) is 15.6 Å². The third-order valence-corrected chi connectivity index (χ3v) is 4.21. The summed E-state index contributed by atoms with van der Waals surface area (Å²) in [6.07, 6.45) is 0.694. The summed E-state index contributed by atoms with van der Waals surface area (Å²) in [7, 11) is 0. The van der Waals surface area contributed by atoms with Crippen LogP contribution in [0.15, 0.2) is 46.9 Å². The van der Waals surface area contributed by atoms with Crippen LogP contribution in [0.3, 0.4) is 0 Å². The Kier molecular flexibility index (Phi) is 5.26. The molecule has 0 bridgehead atoms. The minimum absolute atomic E-state index is 0.0519. The summed E-state index contributed by atoms with van der Waals surface area (Å²) in [6, 6.07) is 12.3. The molecule has 0 saturated heterocycles. The molecule has 0 aliphatic heterocycles. The Morgan fingerprint density at radius 1 is 1.16 bits per heavy atom. The molecule has 2 aromatic rings. The lowest BCUT2D eigenvalue weighted by Gasteiger charge is -2.15. The van der Waals surface area contributed by atoms with E-state index in [9.17, 15) is 4.39 Å². The van der Waals surface area contributed by atoms with E-state index in [1.54, 1.807) is 6.07 Å². The first-order valence-electron chi connectivity index (χ1n) is 5.85. The van der Waals surface area contributed by atoms with Crippen LogP contribution in [-0.4, -0.2) is 5.88 Å². The average molecular weight is 362 g/mol. The Morgan fingerprint density at radius 3 is 2.58 bits per heavy atom. The summed E-state index contributed by atoms with van der Waals surface area (Å²) in [5, 5.41) is 0.695. The van der Waals surface area contributed by atoms with E-state index >= 15 is 0 Å². The van der Waals surface area contributed by atoms with Gasteiger partial charge in [0.05, 0.1) is 0 Å². The number of rotatable bonds is 4. The molecule has 2 aromatic carbocycles. The van der Waals surface area contributed by atoms with E-state index in [1.807, 2.05) is 24.3 Å². The molecule has 0 aromatic heterocycles. The van der Waals surface area contributed by atoms with Crippen molar-refractivity contribution in [3.8, 4) is 0 Å². The van der Waals surface area contributed by atoms with Crippen molar-refractivity contribution < 1.29 is 4.39 Å². The second-order valence-corrected chi connectivity index (χ2v) is 5.98. The van der Waals surface area contributed by atoms with E-state index in [4.69, 9.17) is 23.2 Å². The van der Waals surface area contributed by atoms with Gasteiger partial charge in [0.25, 0.3) is 0 Å². The van der Waals surface area contributed by atoms with Crippen LogP contribution in [0.5, 0.6) is 0 Å². The first-order valence-corrected chi connectivity index (χ1v) is 7.56. The van der Waals surface area contributed by atoms with E-state index in [-0.39, 0.29) is 11.7 Å². The third kappa shape index (κ3) is 3.95.